The van der Waals surface area contributed by atoms with E-state index in [1.807, 2.05) is 6.92 Å². The quantitative estimate of drug-likeness (QED) is 0.645. The Labute approximate surface area is 157 Å². The van der Waals surface area contributed by atoms with Crippen LogP contribution in [0.3, 0.4) is 0 Å². The molecule has 3 aromatic rings. The van der Waals surface area contributed by atoms with Gasteiger partial charge < -0.3 is 9.73 Å². The molecule has 0 aliphatic carbocycles. The van der Waals surface area contributed by atoms with Crippen molar-refractivity contribution in [2.24, 2.45) is 5.92 Å². The molecule has 26 heavy (non-hydrogen) atoms. The Hall–Kier alpha value is -2.47. The summed E-state index contributed by atoms with van der Waals surface area (Å²) in [5.41, 5.74) is 2.32. The summed E-state index contributed by atoms with van der Waals surface area (Å²) < 4.78 is 5.79. The minimum absolute atomic E-state index is 0.0860. The summed E-state index contributed by atoms with van der Waals surface area (Å²) >= 11 is 1.46. The normalized spacial score (nSPS) is 11.1. The lowest BCUT2D eigenvalue weighted by Crippen LogP contribution is -2.12. The van der Waals surface area contributed by atoms with Crippen molar-refractivity contribution in [3.8, 4) is 11.3 Å². The Morgan fingerprint density at radius 3 is 2.62 bits per heavy atom. The maximum absolute atomic E-state index is 12.0. The van der Waals surface area contributed by atoms with Gasteiger partial charge in [-0.15, -0.1) is 11.3 Å². The van der Waals surface area contributed by atoms with Gasteiger partial charge in [0.15, 0.2) is 16.8 Å². The number of nitrogens with one attached hydrogen (secondary N) is 1. The highest BCUT2D eigenvalue weighted by molar-refractivity contribution is 7.15. The summed E-state index contributed by atoms with van der Waals surface area (Å²) in [6.07, 6.45) is 5.30. The molecule has 1 N–H and O–H groups in total. The molecule has 5 nitrogen and oxygen atoms in total. The van der Waals surface area contributed by atoms with E-state index in [-0.39, 0.29) is 5.91 Å². The molecule has 136 valence electrons. The Morgan fingerprint density at radius 2 is 1.96 bits per heavy atom. The summed E-state index contributed by atoms with van der Waals surface area (Å²) in [6, 6.07) is 8.36. The number of hydrogen-bond donors (Lipinski definition) is 1. The van der Waals surface area contributed by atoms with E-state index in [0.717, 1.165) is 22.6 Å². The van der Waals surface area contributed by atoms with Crippen molar-refractivity contribution in [1.29, 1.82) is 0 Å². The third-order valence-corrected chi connectivity index (χ3v) is 4.70. The van der Waals surface area contributed by atoms with Crippen molar-refractivity contribution >= 4 is 22.4 Å². The van der Waals surface area contributed by atoms with Crippen LogP contribution in [0.4, 0.5) is 5.13 Å². The van der Waals surface area contributed by atoms with E-state index in [1.165, 1.54) is 16.9 Å². The molecule has 6 heteroatoms. The highest BCUT2D eigenvalue weighted by Gasteiger charge is 2.10. The number of carbonyl (C=O) groups is 1. The molecule has 3 rings (SSSR count). The topological polar surface area (TPSA) is 68.0 Å². The van der Waals surface area contributed by atoms with Crippen LogP contribution in [0.5, 0.6) is 0 Å². The molecule has 0 aliphatic rings. The van der Waals surface area contributed by atoms with Crippen LogP contribution in [-0.2, 0) is 17.6 Å². The Bertz CT molecular complexity index is 865. The Morgan fingerprint density at radius 1 is 1.19 bits per heavy atom. The molecular weight excluding hydrogens is 346 g/mol. The minimum atomic E-state index is -0.0860. The molecule has 1 aromatic carbocycles. The highest BCUT2D eigenvalue weighted by Crippen LogP contribution is 2.22. The summed E-state index contributed by atoms with van der Waals surface area (Å²) in [6.45, 7) is 6.38. The van der Waals surface area contributed by atoms with Crippen LogP contribution >= 0.6 is 11.3 Å². The second-order valence-corrected chi connectivity index (χ2v) is 7.97. The van der Waals surface area contributed by atoms with Gasteiger partial charge in [-0.3, -0.25) is 4.79 Å². The summed E-state index contributed by atoms with van der Waals surface area (Å²) in [4.78, 5) is 21.5. The molecule has 0 atom stereocenters. The van der Waals surface area contributed by atoms with Gasteiger partial charge in [0.2, 0.25) is 5.91 Å². The van der Waals surface area contributed by atoms with Crippen LogP contribution in [0.15, 0.2) is 41.1 Å². The largest absolute Gasteiger partial charge is 0.441 e. The third-order valence-electron chi connectivity index (χ3n) is 3.87. The monoisotopic (exact) mass is 369 g/mol. The lowest BCUT2D eigenvalue weighted by molar-refractivity contribution is -0.116. The number of nitrogens with zero attached hydrogens (tertiary/aromatic N) is 2. The summed E-state index contributed by atoms with van der Waals surface area (Å²) in [5, 5.41) is 3.42. The smallest absolute Gasteiger partial charge is 0.226 e. The second kappa shape index (κ2) is 8.27. The zero-order valence-electron chi connectivity index (χ0n) is 15.3. The number of oxazole rings is 1. The van der Waals surface area contributed by atoms with E-state index in [9.17, 15) is 4.79 Å². The van der Waals surface area contributed by atoms with Crippen molar-refractivity contribution < 1.29 is 9.21 Å². The zero-order valence-corrected chi connectivity index (χ0v) is 16.1. The number of hydrogen-bond acceptors (Lipinski definition) is 5. The zero-order chi connectivity index (χ0) is 18.5. The highest BCUT2D eigenvalue weighted by atomic mass is 32.1. The van der Waals surface area contributed by atoms with Crippen LogP contribution in [0, 0.1) is 12.8 Å². The van der Waals surface area contributed by atoms with E-state index in [4.69, 9.17) is 4.42 Å². The molecule has 0 saturated heterocycles. The van der Waals surface area contributed by atoms with Crippen LogP contribution in [0.2, 0.25) is 0 Å². The summed E-state index contributed by atoms with van der Waals surface area (Å²) in [5.74, 6) is 1.85. The summed E-state index contributed by atoms with van der Waals surface area (Å²) in [7, 11) is 0. The molecule has 0 bridgehead atoms. The fourth-order valence-corrected chi connectivity index (χ4v) is 3.33. The van der Waals surface area contributed by atoms with E-state index < -0.39 is 0 Å². The predicted molar refractivity (Wildman–Crippen MR) is 104 cm³/mol. The second-order valence-electron chi connectivity index (χ2n) is 6.74. The first kappa shape index (κ1) is 18.3. The Kier molecular flexibility index (Phi) is 5.83. The molecule has 2 aromatic heterocycles. The number of benzene rings is 1. The molecule has 1 amide bonds. The van der Waals surface area contributed by atoms with Crippen molar-refractivity contribution in [3.63, 3.8) is 0 Å². The first-order chi connectivity index (χ1) is 12.5. The fraction of sp³-hybridized carbons (Fsp3) is 0.350. The average molecular weight is 369 g/mol. The molecule has 0 spiro atoms. The third kappa shape index (κ3) is 5.02. The number of rotatable bonds is 7. The van der Waals surface area contributed by atoms with Gasteiger partial charge in [0.1, 0.15) is 0 Å². The maximum Gasteiger partial charge on any atom is 0.226 e. The molecule has 0 unspecified atom stereocenters. The van der Waals surface area contributed by atoms with Crippen molar-refractivity contribution in [1.82, 2.24) is 9.97 Å². The Balaban J connectivity index is 1.55. The lowest BCUT2D eigenvalue weighted by Gasteiger charge is -2.05. The van der Waals surface area contributed by atoms with Gasteiger partial charge in [-0.2, -0.15) is 0 Å². The number of anilines is 1. The standard InChI is InChI=1S/C20H23N3O2S/c1-13(2)10-15-4-6-16(7-5-15)17-12-21-19(25-17)9-8-18(24)23-20-22-11-14(3)26-20/h4-7,11-13H,8-10H2,1-3H3,(H,22,23,24). The molecule has 0 saturated carbocycles. The molecule has 2 heterocycles. The van der Waals surface area contributed by atoms with Crippen LogP contribution in [0.25, 0.3) is 11.3 Å². The first-order valence-electron chi connectivity index (χ1n) is 8.76. The van der Waals surface area contributed by atoms with Gasteiger partial charge in [-0.1, -0.05) is 38.1 Å². The number of amides is 1. The molecule has 0 radical (unpaired) electrons. The average Bonchev–Trinajstić information content (AvgIpc) is 3.22. The predicted octanol–water partition coefficient (Wildman–Crippen LogP) is 4.88. The fourth-order valence-electron chi connectivity index (χ4n) is 2.65. The number of thiazole rings is 1. The molecule has 0 fully saturated rings. The maximum atomic E-state index is 12.0. The van der Waals surface area contributed by atoms with E-state index in [2.05, 4.69) is 53.4 Å². The number of aryl methyl sites for hydroxylation is 2. The van der Waals surface area contributed by atoms with Gasteiger partial charge in [-0.05, 0) is 24.8 Å². The van der Waals surface area contributed by atoms with Crippen LogP contribution < -0.4 is 5.32 Å². The van der Waals surface area contributed by atoms with Crippen LogP contribution in [0.1, 0.15) is 36.6 Å². The van der Waals surface area contributed by atoms with E-state index in [0.29, 0.717) is 29.8 Å². The van der Waals surface area contributed by atoms with Crippen molar-refractivity contribution in [3.05, 3.63) is 53.0 Å². The van der Waals surface area contributed by atoms with Crippen LogP contribution in [-0.4, -0.2) is 15.9 Å². The van der Waals surface area contributed by atoms with Gasteiger partial charge in [0.25, 0.3) is 0 Å². The SMILES string of the molecule is Cc1cnc(NC(=O)CCc2ncc(-c3ccc(CC(C)C)cc3)o2)s1. The van der Waals surface area contributed by atoms with Gasteiger partial charge >= 0.3 is 0 Å². The van der Waals surface area contributed by atoms with Crippen molar-refractivity contribution in [2.75, 3.05) is 5.32 Å². The number of aromatic nitrogens is 2. The van der Waals surface area contributed by atoms with Gasteiger partial charge in [0, 0.05) is 29.5 Å². The molecular formula is C20H23N3O2S. The minimum Gasteiger partial charge on any atom is -0.441 e. The lowest BCUT2D eigenvalue weighted by atomic mass is 10.0. The molecule has 0 aliphatic heterocycles. The van der Waals surface area contributed by atoms with E-state index in [1.54, 1.807) is 12.4 Å². The van der Waals surface area contributed by atoms with E-state index >= 15 is 0 Å². The van der Waals surface area contributed by atoms with Gasteiger partial charge in [-0.25, -0.2) is 9.97 Å². The number of carbonyl (C=O) groups excluding carboxylic acids is 1. The first-order valence-corrected chi connectivity index (χ1v) is 9.57. The van der Waals surface area contributed by atoms with Gasteiger partial charge in [0.05, 0.1) is 6.20 Å². The van der Waals surface area contributed by atoms with Crippen molar-refractivity contribution in [2.45, 2.75) is 40.0 Å².